The molecule has 84 valence electrons. The molecular weight excluding hydrogens is 194 g/mol. The average Bonchev–Trinajstić information content (AvgIpc) is 2.14. The third-order valence-electron chi connectivity index (χ3n) is 2.19. The highest BCUT2D eigenvalue weighted by atomic mass is 16.3. The van der Waals surface area contributed by atoms with Crippen LogP contribution in [0.4, 0.5) is 0 Å². The number of aromatic hydroxyl groups is 1. The molecule has 5 nitrogen and oxygen atoms in total. The SMILES string of the molecule is CCc1c(O)nc(CCN(C)C)[nH]c1=O. The zero-order chi connectivity index (χ0) is 11.4. The van der Waals surface area contributed by atoms with E-state index in [-0.39, 0.29) is 11.4 Å². The normalized spacial score (nSPS) is 10.9. The zero-order valence-electron chi connectivity index (χ0n) is 9.37. The monoisotopic (exact) mass is 211 g/mol. The third kappa shape index (κ3) is 3.06. The van der Waals surface area contributed by atoms with Gasteiger partial charge in [-0.25, -0.2) is 4.98 Å². The van der Waals surface area contributed by atoms with Crippen molar-refractivity contribution >= 4 is 0 Å². The highest BCUT2D eigenvalue weighted by molar-refractivity contribution is 5.22. The zero-order valence-corrected chi connectivity index (χ0v) is 9.37. The van der Waals surface area contributed by atoms with E-state index in [1.54, 1.807) is 0 Å². The summed E-state index contributed by atoms with van der Waals surface area (Å²) >= 11 is 0. The first kappa shape index (κ1) is 11.7. The topological polar surface area (TPSA) is 69.2 Å². The van der Waals surface area contributed by atoms with Gasteiger partial charge >= 0.3 is 0 Å². The summed E-state index contributed by atoms with van der Waals surface area (Å²) in [6.45, 7) is 2.60. The Labute approximate surface area is 88.8 Å². The number of likely N-dealkylation sites (N-methyl/N-ethyl adjacent to an activating group) is 1. The molecule has 1 aromatic rings. The Morgan fingerprint density at radius 2 is 2.13 bits per heavy atom. The number of H-pyrrole nitrogens is 1. The Balaban J connectivity index is 2.89. The molecule has 1 heterocycles. The van der Waals surface area contributed by atoms with Gasteiger partial charge in [-0.3, -0.25) is 4.79 Å². The van der Waals surface area contributed by atoms with E-state index in [2.05, 4.69) is 9.97 Å². The van der Waals surface area contributed by atoms with Crippen LogP contribution >= 0.6 is 0 Å². The van der Waals surface area contributed by atoms with Gasteiger partial charge in [-0.15, -0.1) is 0 Å². The predicted octanol–water partition coefficient (Wildman–Crippen LogP) is 0.142. The van der Waals surface area contributed by atoms with Crippen molar-refractivity contribution in [1.82, 2.24) is 14.9 Å². The molecule has 0 aliphatic rings. The molecule has 0 amide bonds. The van der Waals surface area contributed by atoms with Gasteiger partial charge in [0.05, 0.1) is 5.56 Å². The molecule has 0 fully saturated rings. The van der Waals surface area contributed by atoms with Crippen LogP contribution in [0.1, 0.15) is 18.3 Å². The molecule has 0 spiro atoms. The fourth-order valence-electron chi connectivity index (χ4n) is 1.30. The molecule has 0 unspecified atom stereocenters. The third-order valence-corrected chi connectivity index (χ3v) is 2.19. The van der Waals surface area contributed by atoms with Gasteiger partial charge in [-0.1, -0.05) is 6.92 Å². The van der Waals surface area contributed by atoms with E-state index in [1.807, 2.05) is 25.9 Å². The molecule has 0 bridgehead atoms. The molecular formula is C10H17N3O2. The van der Waals surface area contributed by atoms with E-state index in [4.69, 9.17) is 0 Å². The number of hydrogen-bond acceptors (Lipinski definition) is 4. The minimum atomic E-state index is -0.237. The summed E-state index contributed by atoms with van der Waals surface area (Å²) in [4.78, 5) is 20.1. The van der Waals surface area contributed by atoms with Crippen LogP contribution in [0.25, 0.3) is 0 Å². The first-order valence-corrected chi connectivity index (χ1v) is 5.00. The van der Waals surface area contributed by atoms with Gasteiger partial charge in [-0.2, -0.15) is 0 Å². The van der Waals surface area contributed by atoms with Crippen molar-refractivity contribution in [3.05, 3.63) is 21.7 Å². The number of nitrogens with zero attached hydrogens (tertiary/aromatic N) is 2. The highest BCUT2D eigenvalue weighted by Gasteiger charge is 2.08. The summed E-state index contributed by atoms with van der Waals surface area (Å²) in [5, 5.41) is 9.49. The average molecular weight is 211 g/mol. The lowest BCUT2D eigenvalue weighted by Crippen LogP contribution is -2.20. The van der Waals surface area contributed by atoms with Crippen LogP contribution in [-0.4, -0.2) is 40.6 Å². The molecule has 5 heteroatoms. The Morgan fingerprint density at radius 3 is 2.60 bits per heavy atom. The predicted molar refractivity (Wildman–Crippen MR) is 58.2 cm³/mol. The molecule has 0 aliphatic carbocycles. The first-order valence-electron chi connectivity index (χ1n) is 5.00. The van der Waals surface area contributed by atoms with Crippen molar-refractivity contribution in [2.75, 3.05) is 20.6 Å². The number of nitrogens with one attached hydrogen (secondary N) is 1. The van der Waals surface area contributed by atoms with Crippen LogP contribution < -0.4 is 5.56 Å². The van der Waals surface area contributed by atoms with Crippen molar-refractivity contribution < 1.29 is 5.11 Å². The van der Waals surface area contributed by atoms with Gasteiger partial charge in [0.25, 0.3) is 5.56 Å². The molecule has 0 aliphatic heterocycles. The minimum Gasteiger partial charge on any atom is -0.493 e. The first-order chi connectivity index (χ1) is 7.04. The summed E-state index contributed by atoms with van der Waals surface area (Å²) in [5.74, 6) is 0.387. The van der Waals surface area contributed by atoms with E-state index in [1.165, 1.54) is 0 Å². The van der Waals surface area contributed by atoms with Crippen molar-refractivity contribution in [2.24, 2.45) is 0 Å². The Kier molecular flexibility index (Phi) is 3.85. The van der Waals surface area contributed by atoms with Crippen molar-refractivity contribution in [3.63, 3.8) is 0 Å². The Hall–Kier alpha value is -1.36. The van der Waals surface area contributed by atoms with Gasteiger partial charge in [-0.05, 0) is 20.5 Å². The van der Waals surface area contributed by atoms with Gasteiger partial charge < -0.3 is 15.0 Å². The number of aromatic nitrogens is 2. The lowest BCUT2D eigenvalue weighted by Gasteiger charge is -2.09. The summed E-state index contributed by atoms with van der Waals surface area (Å²) in [7, 11) is 3.89. The summed E-state index contributed by atoms with van der Waals surface area (Å²) in [6, 6.07) is 0. The van der Waals surface area contributed by atoms with E-state index in [0.29, 0.717) is 24.2 Å². The maximum absolute atomic E-state index is 11.5. The molecule has 1 rings (SSSR count). The number of hydrogen-bond donors (Lipinski definition) is 2. The standard InChI is InChI=1S/C10H17N3O2/c1-4-7-9(14)11-8(12-10(7)15)5-6-13(2)3/h4-6H2,1-3H3,(H2,11,12,14,15). The van der Waals surface area contributed by atoms with Gasteiger partial charge in [0.2, 0.25) is 5.88 Å². The fourth-order valence-corrected chi connectivity index (χ4v) is 1.30. The molecule has 15 heavy (non-hydrogen) atoms. The minimum absolute atomic E-state index is 0.144. The second-order valence-electron chi connectivity index (χ2n) is 3.72. The molecule has 0 aromatic carbocycles. The van der Waals surface area contributed by atoms with Crippen LogP contribution in [0.3, 0.4) is 0 Å². The van der Waals surface area contributed by atoms with Crippen molar-refractivity contribution in [3.8, 4) is 5.88 Å². The Morgan fingerprint density at radius 1 is 1.47 bits per heavy atom. The van der Waals surface area contributed by atoms with Crippen molar-refractivity contribution in [2.45, 2.75) is 19.8 Å². The maximum Gasteiger partial charge on any atom is 0.257 e. The van der Waals surface area contributed by atoms with E-state index < -0.39 is 0 Å². The van der Waals surface area contributed by atoms with Crippen LogP contribution in [0.2, 0.25) is 0 Å². The van der Waals surface area contributed by atoms with E-state index in [0.717, 1.165) is 6.54 Å². The molecule has 0 saturated carbocycles. The summed E-state index contributed by atoms with van der Waals surface area (Å²) in [6.07, 6.45) is 1.11. The fraction of sp³-hybridized carbons (Fsp3) is 0.600. The van der Waals surface area contributed by atoms with Gasteiger partial charge in [0.15, 0.2) is 0 Å². The molecule has 0 radical (unpaired) electrons. The van der Waals surface area contributed by atoms with Crippen LogP contribution in [0.15, 0.2) is 4.79 Å². The number of rotatable bonds is 4. The second-order valence-corrected chi connectivity index (χ2v) is 3.72. The van der Waals surface area contributed by atoms with Crippen LogP contribution in [0, 0.1) is 0 Å². The van der Waals surface area contributed by atoms with Crippen LogP contribution in [-0.2, 0) is 12.8 Å². The molecule has 0 atom stereocenters. The lowest BCUT2D eigenvalue weighted by molar-refractivity contribution is 0.403. The largest absolute Gasteiger partial charge is 0.493 e. The van der Waals surface area contributed by atoms with E-state index in [9.17, 15) is 9.90 Å². The maximum atomic E-state index is 11.5. The smallest absolute Gasteiger partial charge is 0.257 e. The molecule has 0 saturated heterocycles. The summed E-state index contributed by atoms with van der Waals surface area (Å²) < 4.78 is 0. The quantitative estimate of drug-likeness (QED) is 0.743. The molecule has 1 aromatic heterocycles. The van der Waals surface area contributed by atoms with Gasteiger partial charge in [0.1, 0.15) is 5.82 Å². The summed E-state index contributed by atoms with van der Waals surface area (Å²) in [5.41, 5.74) is 0.113. The van der Waals surface area contributed by atoms with Crippen molar-refractivity contribution in [1.29, 1.82) is 0 Å². The lowest BCUT2D eigenvalue weighted by atomic mass is 10.2. The van der Waals surface area contributed by atoms with Gasteiger partial charge in [0, 0.05) is 13.0 Å². The van der Waals surface area contributed by atoms with Crippen LogP contribution in [0.5, 0.6) is 5.88 Å². The molecule has 2 N–H and O–H groups in total. The van der Waals surface area contributed by atoms with E-state index >= 15 is 0 Å². The second kappa shape index (κ2) is 4.93. The Bertz CT molecular complexity index is 385. The highest BCUT2D eigenvalue weighted by Crippen LogP contribution is 2.08. The number of aromatic amines is 1.